The zero-order valence-electron chi connectivity index (χ0n) is 20.8. The van der Waals surface area contributed by atoms with Gasteiger partial charge in [0.25, 0.3) is 0 Å². The molecular weight excluding hydrogens is 400 g/mol. The smallest absolute Gasteiger partial charge is 0.126 e. The molecule has 0 aliphatic heterocycles. The van der Waals surface area contributed by atoms with Crippen LogP contribution in [0, 0.1) is 52.3 Å². The largest absolute Gasteiger partial charge is 0.393 e. The Morgan fingerprint density at radius 1 is 1.12 bits per heavy atom. The number of aliphatic hydroxyl groups excluding tert-OH is 3. The van der Waals surface area contributed by atoms with E-state index in [1.165, 1.54) is 12.7 Å². The van der Waals surface area contributed by atoms with Gasteiger partial charge >= 0.3 is 0 Å². The van der Waals surface area contributed by atoms with Crippen LogP contribution in [-0.2, 0) is 4.79 Å². The van der Waals surface area contributed by atoms with Crippen LogP contribution >= 0.6 is 0 Å². The number of aldehydes is 1. The SMILES string of the molecule is CC(C)C(C)CCC(C)C1CCC2C3CC=C4CC(O)CC(O)C4(C)C3C(O)CC12C=O. The van der Waals surface area contributed by atoms with Crippen molar-refractivity contribution in [3.63, 3.8) is 0 Å². The molecule has 4 aliphatic carbocycles. The van der Waals surface area contributed by atoms with E-state index in [0.29, 0.717) is 42.9 Å². The molecule has 4 nitrogen and oxygen atoms in total. The number of carbonyl (C=O) groups excluding carboxylic acids is 1. The van der Waals surface area contributed by atoms with Crippen LogP contribution in [0.4, 0.5) is 0 Å². The van der Waals surface area contributed by atoms with Crippen LogP contribution in [-0.4, -0.2) is 39.9 Å². The van der Waals surface area contributed by atoms with Crippen molar-refractivity contribution in [1.29, 1.82) is 0 Å². The summed E-state index contributed by atoms with van der Waals surface area (Å²) in [6, 6.07) is 0. The summed E-state index contributed by atoms with van der Waals surface area (Å²) in [5.74, 6) is 2.69. The van der Waals surface area contributed by atoms with Gasteiger partial charge in [0, 0.05) is 17.3 Å². The Morgan fingerprint density at radius 3 is 2.50 bits per heavy atom. The van der Waals surface area contributed by atoms with E-state index in [1.54, 1.807) is 0 Å². The molecule has 11 unspecified atom stereocenters. The minimum atomic E-state index is -0.641. The van der Waals surface area contributed by atoms with Crippen molar-refractivity contribution in [3.05, 3.63) is 11.6 Å². The molecule has 3 saturated carbocycles. The highest BCUT2D eigenvalue weighted by Gasteiger charge is 2.65. The molecule has 3 fully saturated rings. The Morgan fingerprint density at radius 2 is 1.84 bits per heavy atom. The lowest BCUT2D eigenvalue weighted by Crippen LogP contribution is -2.61. The minimum absolute atomic E-state index is 0.0295. The van der Waals surface area contributed by atoms with E-state index in [9.17, 15) is 20.1 Å². The van der Waals surface area contributed by atoms with Gasteiger partial charge in [-0.1, -0.05) is 59.1 Å². The number of carbonyl (C=O) groups is 1. The maximum absolute atomic E-state index is 12.8. The van der Waals surface area contributed by atoms with Crippen LogP contribution in [0.3, 0.4) is 0 Å². The summed E-state index contributed by atoms with van der Waals surface area (Å²) < 4.78 is 0. The summed E-state index contributed by atoms with van der Waals surface area (Å²) in [5, 5.41) is 32.9. The summed E-state index contributed by atoms with van der Waals surface area (Å²) in [6.07, 6.45) is 8.60. The third-order valence-electron chi connectivity index (χ3n) is 10.9. The van der Waals surface area contributed by atoms with Crippen LogP contribution in [0.25, 0.3) is 0 Å². The van der Waals surface area contributed by atoms with Crippen LogP contribution in [0.2, 0.25) is 0 Å². The zero-order chi connectivity index (χ0) is 23.4. The summed E-state index contributed by atoms with van der Waals surface area (Å²) in [5.41, 5.74) is 0.197. The summed E-state index contributed by atoms with van der Waals surface area (Å²) in [7, 11) is 0. The molecule has 0 saturated heterocycles. The molecule has 4 aliphatic rings. The molecule has 182 valence electrons. The highest BCUT2D eigenvalue weighted by molar-refractivity contribution is 5.62. The third-order valence-corrected chi connectivity index (χ3v) is 10.9. The van der Waals surface area contributed by atoms with E-state index in [1.807, 2.05) is 0 Å². The zero-order valence-corrected chi connectivity index (χ0v) is 20.8. The van der Waals surface area contributed by atoms with Crippen molar-refractivity contribution >= 4 is 6.29 Å². The third kappa shape index (κ3) is 3.64. The monoisotopic (exact) mass is 446 g/mol. The van der Waals surface area contributed by atoms with E-state index in [2.05, 4.69) is 40.7 Å². The van der Waals surface area contributed by atoms with Gasteiger partial charge in [-0.05, 0) is 73.5 Å². The fourth-order valence-corrected chi connectivity index (χ4v) is 8.66. The normalized spacial score (nSPS) is 47.8. The van der Waals surface area contributed by atoms with Crippen molar-refractivity contribution in [2.45, 2.75) is 104 Å². The minimum Gasteiger partial charge on any atom is -0.393 e. The summed E-state index contributed by atoms with van der Waals surface area (Å²) in [6.45, 7) is 11.3. The Balaban J connectivity index is 1.61. The van der Waals surface area contributed by atoms with Gasteiger partial charge in [-0.3, -0.25) is 0 Å². The van der Waals surface area contributed by atoms with Gasteiger partial charge in [0.2, 0.25) is 0 Å². The molecule has 0 spiro atoms. The predicted molar refractivity (Wildman–Crippen MR) is 127 cm³/mol. The number of allylic oxidation sites excluding steroid dienone is 1. The Kier molecular flexibility index (Phi) is 6.73. The molecule has 32 heavy (non-hydrogen) atoms. The number of fused-ring (bicyclic) bond motifs is 5. The fourth-order valence-electron chi connectivity index (χ4n) is 8.66. The molecule has 0 heterocycles. The second-order valence-corrected chi connectivity index (χ2v) is 12.6. The van der Waals surface area contributed by atoms with Crippen LogP contribution in [0.1, 0.15) is 86.0 Å². The quantitative estimate of drug-likeness (QED) is 0.406. The molecule has 4 heteroatoms. The average Bonchev–Trinajstić information content (AvgIpc) is 3.12. The maximum Gasteiger partial charge on any atom is 0.126 e. The maximum atomic E-state index is 12.8. The van der Waals surface area contributed by atoms with Gasteiger partial charge in [-0.2, -0.15) is 0 Å². The molecule has 0 bridgehead atoms. The molecule has 11 atom stereocenters. The number of hydrogen-bond donors (Lipinski definition) is 3. The first kappa shape index (κ1) is 24.4. The predicted octanol–water partition coefficient (Wildman–Crippen LogP) is 4.76. The fraction of sp³-hybridized carbons (Fsp3) is 0.893. The first-order chi connectivity index (χ1) is 15.1. The van der Waals surface area contributed by atoms with Crippen molar-refractivity contribution in [1.82, 2.24) is 0 Å². The van der Waals surface area contributed by atoms with E-state index >= 15 is 0 Å². The first-order valence-electron chi connectivity index (χ1n) is 13.3. The van der Waals surface area contributed by atoms with Gasteiger partial charge in [-0.15, -0.1) is 0 Å². The highest BCUT2D eigenvalue weighted by Crippen LogP contribution is 2.66. The Hall–Kier alpha value is -0.710. The molecule has 4 rings (SSSR count). The van der Waals surface area contributed by atoms with Gasteiger partial charge in [0.05, 0.1) is 18.3 Å². The van der Waals surface area contributed by atoms with Crippen LogP contribution < -0.4 is 0 Å². The highest BCUT2D eigenvalue weighted by atomic mass is 16.3. The lowest BCUT2D eigenvalue weighted by Gasteiger charge is -2.60. The molecule has 0 aromatic carbocycles. The molecular formula is C28H46O4. The van der Waals surface area contributed by atoms with Gasteiger partial charge < -0.3 is 20.1 Å². The number of hydrogen-bond acceptors (Lipinski definition) is 4. The van der Waals surface area contributed by atoms with E-state index in [0.717, 1.165) is 31.3 Å². The number of aliphatic hydroxyl groups is 3. The second-order valence-electron chi connectivity index (χ2n) is 12.6. The van der Waals surface area contributed by atoms with E-state index in [4.69, 9.17) is 0 Å². The van der Waals surface area contributed by atoms with Crippen molar-refractivity contribution in [2.75, 3.05) is 0 Å². The van der Waals surface area contributed by atoms with E-state index < -0.39 is 29.1 Å². The second kappa shape index (κ2) is 8.82. The summed E-state index contributed by atoms with van der Waals surface area (Å²) in [4.78, 5) is 12.8. The summed E-state index contributed by atoms with van der Waals surface area (Å²) >= 11 is 0. The Labute approximate surface area is 194 Å². The standard InChI is InChI=1S/C28H46O4/c1-16(2)17(3)6-7-18(4)22-10-11-23-21-9-8-19-12-20(30)13-25(32)27(19,5)26(21)24(31)14-28(22,23)15-29/h8,15-18,20-26,30-32H,6-7,9-14H2,1-5H3. The number of rotatable bonds is 6. The first-order valence-corrected chi connectivity index (χ1v) is 13.3. The van der Waals surface area contributed by atoms with Crippen molar-refractivity contribution in [3.8, 4) is 0 Å². The van der Waals surface area contributed by atoms with Gasteiger partial charge in [0.1, 0.15) is 6.29 Å². The molecule has 0 aromatic heterocycles. The topological polar surface area (TPSA) is 77.8 Å². The molecule has 3 N–H and O–H groups in total. The molecule has 0 aromatic rings. The molecule has 0 radical (unpaired) electrons. The average molecular weight is 447 g/mol. The molecule has 0 amide bonds. The lowest BCUT2D eigenvalue weighted by atomic mass is 9.45. The van der Waals surface area contributed by atoms with Crippen molar-refractivity contribution < 1.29 is 20.1 Å². The van der Waals surface area contributed by atoms with Gasteiger partial charge in [0.15, 0.2) is 0 Å². The van der Waals surface area contributed by atoms with Crippen LogP contribution in [0.5, 0.6) is 0 Å². The van der Waals surface area contributed by atoms with E-state index in [-0.39, 0.29) is 17.8 Å². The van der Waals surface area contributed by atoms with Gasteiger partial charge in [-0.25, -0.2) is 0 Å². The lowest BCUT2D eigenvalue weighted by molar-refractivity contribution is -0.166. The van der Waals surface area contributed by atoms with Crippen molar-refractivity contribution in [2.24, 2.45) is 52.3 Å². The Bertz CT molecular complexity index is 731. The van der Waals surface area contributed by atoms with Crippen LogP contribution in [0.15, 0.2) is 11.6 Å².